The second-order valence-electron chi connectivity index (χ2n) is 11.8. The maximum Gasteiger partial charge on any atom is 0.329 e. The minimum atomic E-state index is -0.962. The third kappa shape index (κ3) is 7.61. The molecular formula is C37H42N2O4. The molecule has 1 atom stereocenters. The molecule has 3 aromatic carbocycles. The van der Waals surface area contributed by atoms with Crippen molar-refractivity contribution in [3.63, 3.8) is 0 Å². The van der Waals surface area contributed by atoms with E-state index in [-0.39, 0.29) is 24.7 Å². The molecule has 0 bridgehead atoms. The van der Waals surface area contributed by atoms with Gasteiger partial charge in [-0.05, 0) is 78.8 Å². The van der Waals surface area contributed by atoms with Gasteiger partial charge in [0.05, 0.1) is 0 Å². The molecule has 1 saturated carbocycles. The van der Waals surface area contributed by atoms with Crippen LogP contribution < -0.4 is 5.32 Å². The number of Topliss-reactive ketones (excluding diaryl/α,β-unsaturated/α-hetero) is 1. The Hall–Kier alpha value is -4.19. The first-order chi connectivity index (χ1) is 20.9. The number of H-pyrrole nitrogens is 1. The van der Waals surface area contributed by atoms with E-state index in [0.717, 1.165) is 34.4 Å². The van der Waals surface area contributed by atoms with Crippen molar-refractivity contribution >= 4 is 28.6 Å². The van der Waals surface area contributed by atoms with Crippen LogP contribution in [0, 0.1) is 5.92 Å². The van der Waals surface area contributed by atoms with E-state index in [1.54, 1.807) is 12.1 Å². The van der Waals surface area contributed by atoms with Crippen molar-refractivity contribution in [2.75, 3.05) is 6.61 Å². The summed E-state index contributed by atoms with van der Waals surface area (Å²) in [5.74, 6) is 0.122. The predicted octanol–water partition coefficient (Wildman–Crippen LogP) is 7.57. The highest BCUT2D eigenvalue weighted by Crippen LogP contribution is 2.37. The van der Waals surface area contributed by atoms with Crippen LogP contribution in [-0.4, -0.2) is 35.3 Å². The number of aryl methyl sites for hydroxylation is 1. The number of hydrogen-bond donors (Lipinski definition) is 2. The van der Waals surface area contributed by atoms with Crippen LogP contribution in [0.15, 0.2) is 79.0 Å². The predicted molar refractivity (Wildman–Crippen MR) is 170 cm³/mol. The van der Waals surface area contributed by atoms with Crippen molar-refractivity contribution in [1.82, 2.24) is 10.3 Å². The molecule has 5 rings (SSSR count). The molecule has 1 heterocycles. The van der Waals surface area contributed by atoms with Gasteiger partial charge in [0, 0.05) is 34.6 Å². The van der Waals surface area contributed by atoms with Crippen LogP contribution in [0.5, 0.6) is 0 Å². The third-order valence-corrected chi connectivity index (χ3v) is 8.91. The van der Waals surface area contributed by atoms with Gasteiger partial charge in [0.2, 0.25) is 0 Å². The van der Waals surface area contributed by atoms with E-state index < -0.39 is 12.0 Å². The summed E-state index contributed by atoms with van der Waals surface area (Å²) in [4.78, 5) is 42.7. The lowest BCUT2D eigenvalue weighted by Crippen LogP contribution is -2.43. The van der Waals surface area contributed by atoms with Gasteiger partial charge in [-0.25, -0.2) is 4.79 Å². The van der Waals surface area contributed by atoms with Gasteiger partial charge in [0.1, 0.15) is 6.04 Å². The molecule has 6 nitrogen and oxygen atoms in total. The minimum Gasteiger partial charge on any atom is -0.456 e. The van der Waals surface area contributed by atoms with E-state index >= 15 is 0 Å². The van der Waals surface area contributed by atoms with Crippen LogP contribution >= 0.6 is 0 Å². The average Bonchev–Trinajstić information content (AvgIpc) is 3.46. The number of ether oxygens (including phenoxy) is 1. The van der Waals surface area contributed by atoms with Crippen molar-refractivity contribution in [3.8, 4) is 0 Å². The first-order valence-corrected chi connectivity index (χ1v) is 15.7. The number of amides is 1. The molecule has 0 aliphatic heterocycles. The zero-order valence-electron chi connectivity index (χ0n) is 25.2. The smallest absolute Gasteiger partial charge is 0.329 e. The zero-order valence-corrected chi connectivity index (χ0v) is 25.2. The van der Waals surface area contributed by atoms with Gasteiger partial charge >= 0.3 is 5.97 Å². The van der Waals surface area contributed by atoms with E-state index in [1.807, 2.05) is 66.9 Å². The normalized spacial score (nSPS) is 17.3. The third-order valence-electron chi connectivity index (χ3n) is 8.91. The fourth-order valence-corrected chi connectivity index (χ4v) is 6.30. The standard InChI is InChI=1S/C37H42N2O4/c1-3-7-26-12-14-27(15-13-26)28-18-20-29(21-19-28)35(40)24-43-37(42)34(22-31-23-38-33-9-6-5-8-32(31)33)39-36(41)30-16-10-25(4-2)11-17-30/h5-6,8-11,16-21,23,26-27,34,38H,3-4,7,12-15,22,24H2,1-2H3,(H,39,41)/t26?,27?,34-/m1/s1. The molecule has 224 valence electrons. The molecule has 43 heavy (non-hydrogen) atoms. The fourth-order valence-electron chi connectivity index (χ4n) is 6.30. The van der Waals surface area contributed by atoms with Gasteiger partial charge in [-0.2, -0.15) is 0 Å². The number of benzene rings is 3. The summed E-state index contributed by atoms with van der Waals surface area (Å²) in [5, 5.41) is 3.82. The van der Waals surface area contributed by atoms with Crippen LogP contribution in [0.25, 0.3) is 10.9 Å². The average molecular weight is 579 g/mol. The number of para-hydroxylation sites is 1. The van der Waals surface area contributed by atoms with Gasteiger partial charge < -0.3 is 15.0 Å². The van der Waals surface area contributed by atoms with Gasteiger partial charge in [-0.3, -0.25) is 9.59 Å². The molecule has 1 aromatic heterocycles. The van der Waals surface area contributed by atoms with E-state index in [1.165, 1.54) is 44.1 Å². The van der Waals surface area contributed by atoms with Crippen LogP contribution in [0.3, 0.4) is 0 Å². The largest absolute Gasteiger partial charge is 0.456 e. The fraction of sp³-hybridized carbons (Fsp3) is 0.378. The number of ketones is 1. The molecular weight excluding hydrogens is 536 g/mol. The molecule has 1 amide bonds. The summed E-state index contributed by atoms with van der Waals surface area (Å²) in [6, 6.07) is 21.9. The van der Waals surface area contributed by atoms with Crippen molar-refractivity contribution in [1.29, 1.82) is 0 Å². The molecule has 2 N–H and O–H groups in total. The van der Waals surface area contributed by atoms with Crippen LogP contribution in [0.4, 0.5) is 0 Å². The molecule has 0 unspecified atom stereocenters. The lowest BCUT2D eigenvalue weighted by molar-refractivity contribution is -0.144. The minimum absolute atomic E-state index is 0.227. The number of esters is 1. The Morgan fingerprint density at radius 2 is 1.58 bits per heavy atom. The summed E-state index contributed by atoms with van der Waals surface area (Å²) in [7, 11) is 0. The molecule has 1 aliphatic rings. The molecule has 0 spiro atoms. The van der Waals surface area contributed by atoms with E-state index in [2.05, 4.69) is 24.1 Å². The lowest BCUT2D eigenvalue weighted by Gasteiger charge is -2.28. The Morgan fingerprint density at radius 3 is 2.28 bits per heavy atom. The van der Waals surface area contributed by atoms with Crippen molar-refractivity contribution in [2.45, 2.75) is 77.2 Å². The van der Waals surface area contributed by atoms with Crippen LogP contribution in [-0.2, 0) is 22.4 Å². The van der Waals surface area contributed by atoms with Gasteiger partial charge in [0.25, 0.3) is 5.91 Å². The van der Waals surface area contributed by atoms with Gasteiger partial charge in [-0.15, -0.1) is 0 Å². The second kappa shape index (κ2) is 14.3. The zero-order chi connectivity index (χ0) is 30.2. The topological polar surface area (TPSA) is 88.3 Å². The van der Waals surface area contributed by atoms with Crippen LogP contribution in [0.2, 0.25) is 0 Å². The summed E-state index contributed by atoms with van der Waals surface area (Å²) < 4.78 is 5.52. The molecule has 0 radical (unpaired) electrons. The Morgan fingerprint density at radius 1 is 0.884 bits per heavy atom. The highest BCUT2D eigenvalue weighted by Gasteiger charge is 2.26. The summed E-state index contributed by atoms with van der Waals surface area (Å²) in [6.07, 6.45) is 10.4. The Kier molecular flexibility index (Phi) is 10.1. The number of rotatable bonds is 12. The SMILES string of the molecule is CCCC1CCC(c2ccc(C(=O)COC(=O)[C@@H](Cc3c[nH]c4ccccc34)NC(=O)c3ccc(CC)cc3)cc2)CC1. The molecule has 1 aliphatic carbocycles. The van der Waals surface area contributed by atoms with Gasteiger partial charge in [0.15, 0.2) is 12.4 Å². The first kappa shape index (κ1) is 30.3. The number of carbonyl (C=O) groups is 3. The maximum atomic E-state index is 13.3. The monoisotopic (exact) mass is 578 g/mol. The number of aromatic amines is 1. The number of fused-ring (bicyclic) bond motifs is 1. The highest BCUT2D eigenvalue weighted by molar-refractivity contribution is 5.99. The Bertz CT molecular complexity index is 1530. The Labute approximate surface area is 254 Å². The van der Waals surface area contributed by atoms with E-state index in [0.29, 0.717) is 17.0 Å². The van der Waals surface area contributed by atoms with Crippen molar-refractivity contribution in [3.05, 3.63) is 107 Å². The van der Waals surface area contributed by atoms with Gasteiger partial charge in [-0.1, -0.05) is 81.3 Å². The molecule has 6 heteroatoms. The summed E-state index contributed by atoms with van der Waals surface area (Å²) in [6.45, 7) is 3.92. The van der Waals surface area contributed by atoms with E-state index in [9.17, 15) is 14.4 Å². The number of hydrogen-bond acceptors (Lipinski definition) is 4. The second-order valence-corrected chi connectivity index (χ2v) is 11.8. The number of nitrogens with one attached hydrogen (secondary N) is 2. The quantitative estimate of drug-likeness (QED) is 0.134. The van der Waals surface area contributed by atoms with Crippen molar-refractivity contribution < 1.29 is 19.1 Å². The highest BCUT2D eigenvalue weighted by atomic mass is 16.5. The number of aromatic nitrogens is 1. The maximum absolute atomic E-state index is 13.3. The first-order valence-electron chi connectivity index (χ1n) is 15.7. The van der Waals surface area contributed by atoms with Crippen molar-refractivity contribution in [2.24, 2.45) is 5.92 Å². The summed E-state index contributed by atoms with van der Waals surface area (Å²) >= 11 is 0. The lowest BCUT2D eigenvalue weighted by atomic mass is 9.77. The summed E-state index contributed by atoms with van der Waals surface area (Å²) in [5.41, 5.74) is 5.20. The van der Waals surface area contributed by atoms with Crippen LogP contribution in [0.1, 0.15) is 95.7 Å². The number of carbonyl (C=O) groups excluding carboxylic acids is 3. The molecule has 4 aromatic rings. The molecule has 1 fully saturated rings. The molecule has 0 saturated heterocycles. The Balaban J connectivity index is 1.23. The van der Waals surface area contributed by atoms with E-state index in [4.69, 9.17) is 4.74 Å².